The van der Waals surface area contributed by atoms with Gasteiger partial charge in [-0.15, -0.1) is 0 Å². The molecule has 0 saturated heterocycles. The van der Waals surface area contributed by atoms with E-state index in [1.165, 1.54) is 0 Å². The lowest BCUT2D eigenvalue weighted by Gasteiger charge is -2.11. The highest BCUT2D eigenvalue weighted by molar-refractivity contribution is 5.97. The average molecular weight is 178 g/mol. The van der Waals surface area contributed by atoms with Gasteiger partial charge in [0, 0.05) is 0 Å². The van der Waals surface area contributed by atoms with Crippen LogP contribution in [0.4, 0.5) is 28.4 Å². The monoisotopic (exact) mass is 178 g/mol. The van der Waals surface area contributed by atoms with Crippen LogP contribution in [0, 0.1) is 11.3 Å². The number of rotatable bonds is 0. The zero-order chi connectivity index (χ0) is 10.2. The zero-order valence-corrected chi connectivity index (χ0v) is 6.83. The minimum Gasteiger partial charge on any atom is -0.396 e. The highest BCUT2D eigenvalue weighted by Gasteiger charge is 2.14. The SMILES string of the molecule is N#Cc1c(N)c(N)c(N)c(N)c1N. The number of hydrogen-bond donors (Lipinski definition) is 5. The predicted molar refractivity (Wildman–Crippen MR) is 53.2 cm³/mol. The van der Waals surface area contributed by atoms with Gasteiger partial charge in [-0.1, -0.05) is 0 Å². The molecule has 1 rings (SSSR count). The molecule has 0 atom stereocenters. The van der Waals surface area contributed by atoms with Crippen molar-refractivity contribution in [2.24, 2.45) is 0 Å². The molecule has 0 spiro atoms. The Morgan fingerprint density at radius 2 is 1.00 bits per heavy atom. The van der Waals surface area contributed by atoms with E-state index in [2.05, 4.69) is 0 Å². The van der Waals surface area contributed by atoms with Crippen LogP contribution in [0.15, 0.2) is 0 Å². The van der Waals surface area contributed by atoms with Gasteiger partial charge in [0.1, 0.15) is 11.6 Å². The van der Waals surface area contributed by atoms with Crippen LogP contribution in [-0.4, -0.2) is 0 Å². The first-order valence-corrected chi connectivity index (χ1v) is 3.42. The summed E-state index contributed by atoms with van der Waals surface area (Å²) in [6, 6.07) is 1.81. The number of nitrogens with two attached hydrogens (primary N) is 5. The summed E-state index contributed by atoms with van der Waals surface area (Å²) in [5.74, 6) is 0. The van der Waals surface area contributed by atoms with Crippen molar-refractivity contribution in [3.8, 4) is 6.07 Å². The molecule has 0 aliphatic rings. The topological polar surface area (TPSA) is 154 Å². The quantitative estimate of drug-likeness (QED) is 0.336. The van der Waals surface area contributed by atoms with E-state index in [4.69, 9.17) is 33.9 Å². The van der Waals surface area contributed by atoms with Crippen LogP contribution in [-0.2, 0) is 0 Å². The normalized spacial score (nSPS) is 9.46. The maximum Gasteiger partial charge on any atom is 0.104 e. The number of hydrogen-bond acceptors (Lipinski definition) is 6. The Labute approximate surface area is 74.9 Å². The third-order valence-corrected chi connectivity index (χ3v) is 1.81. The van der Waals surface area contributed by atoms with Crippen molar-refractivity contribution in [3.05, 3.63) is 5.56 Å². The van der Waals surface area contributed by atoms with Gasteiger partial charge in [0.15, 0.2) is 0 Å². The van der Waals surface area contributed by atoms with Gasteiger partial charge < -0.3 is 28.7 Å². The first-order valence-electron chi connectivity index (χ1n) is 3.42. The van der Waals surface area contributed by atoms with E-state index in [-0.39, 0.29) is 34.0 Å². The summed E-state index contributed by atoms with van der Waals surface area (Å²) < 4.78 is 0. The zero-order valence-electron chi connectivity index (χ0n) is 6.83. The lowest BCUT2D eigenvalue weighted by Crippen LogP contribution is -2.09. The smallest absolute Gasteiger partial charge is 0.104 e. The molecule has 6 nitrogen and oxygen atoms in total. The van der Waals surface area contributed by atoms with Crippen molar-refractivity contribution < 1.29 is 0 Å². The third kappa shape index (κ3) is 1.03. The van der Waals surface area contributed by atoms with Crippen LogP contribution < -0.4 is 28.7 Å². The van der Waals surface area contributed by atoms with Crippen molar-refractivity contribution in [2.75, 3.05) is 28.7 Å². The number of nitriles is 1. The van der Waals surface area contributed by atoms with Crippen molar-refractivity contribution in [1.29, 1.82) is 5.26 Å². The van der Waals surface area contributed by atoms with E-state index >= 15 is 0 Å². The second-order valence-corrected chi connectivity index (χ2v) is 2.56. The number of anilines is 5. The van der Waals surface area contributed by atoms with Crippen molar-refractivity contribution in [2.45, 2.75) is 0 Å². The van der Waals surface area contributed by atoms with Crippen molar-refractivity contribution in [1.82, 2.24) is 0 Å². The summed E-state index contributed by atoms with van der Waals surface area (Å²) in [4.78, 5) is 0. The molecule has 0 aromatic heterocycles. The Morgan fingerprint density at radius 1 is 0.692 bits per heavy atom. The molecule has 0 aliphatic carbocycles. The summed E-state index contributed by atoms with van der Waals surface area (Å²) >= 11 is 0. The van der Waals surface area contributed by atoms with E-state index in [9.17, 15) is 0 Å². The molecule has 68 valence electrons. The van der Waals surface area contributed by atoms with Gasteiger partial charge in [-0.05, 0) is 0 Å². The van der Waals surface area contributed by atoms with Gasteiger partial charge in [0.2, 0.25) is 0 Å². The molecule has 0 amide bonds. The molecule has 0 heterocycles. The highest BCUT2D eigenvalue weighted by Crippen LogP contribution is 2.37. The van der Waals surface area contributed by atoms with Gasteiger partial charge in [-0.2, -0.15) is 5.26 Å². The van der Waals surface area contributed by atoms with E-state index in [0.29, 0.717) is 0 Å². The first-order chi connectivity index (χ1) is 6.00. The Balaban J connectivity index is 3.69. The van der Waals surface area contributed by atoms with Crippen LogP contribution in [0.2, 0.25) is 0 Å². The summed E-state index contributed by atoms with van der Waals surface area (Å²) in [5.41, 5.74) is 28.0. The summed E-state index contributed by atoms with van der Waals surface area (Å²) in [5, 5.41) is 8.68. The average Bonchev–Trinajstić information content (AvgIpc) is 2.13. The van der Waals surface area contributed by atoms with E-state index < -0.39 is 0 Å². The Hall–Kier alpha value is -2.29. The van der Waals surface area contributed by atoms with Gasteiger partial charge in [0.05, 0.1) is 28.4 Å². The van der Waals surface area contributed by atoms with E-state index in [1.807, 2.05) is 0 Å². The van der Waals surface area contributed by atoms with Crippen LogP contribution >= 0.6 is 0 Å². The van der Waals surface area contributed by atoms with Crippen LogP contribution in [0.25, 0.3) is 0 Å². The maximum atomic E-state index is 8.68. The lowest BCUT2D eigenvalue weighted by molar-refractivity contribution is 1.48. The fourth-order valence-electron chi connectivity index (χ4n) is 0.970. The Morgan fingerprint density at radius 3 is 1.31 bits per heavy atom. The van der Waals surface area contributed by atoms with E-state index in [1.54, 1.807) is 6.07 Å². The Kier molecular flexibility index (Phi) is 1.79. The number of nitrogens with zero attached hydrogens (tertiary/aromatic N) is 1. The minimum absolute atomic E-state index is 0.0733. The lowest BCUT2D eigenvalue weighted by atomic mass is 10.1. The molecule has 0 bridgehead atoms. The predicted octanol–water partition coefficient (Wildman–Crippen LogP) is -0.531. The van der Waals surface area contributed by atoms with E-state index in [0.717, 1.165) is 0 Å². The molecule has 0 aliphatic heterocycles. The molecule has 1 aromatic carbocycles. The summed E-state index contributed by atoms with van der Waals surface area (Å²) in [6.45, 7) is 0. The van der Waals surface area contributed by atoms with Gasteiger partial charge in [-0.25, -0.2) is 0 Å². The number of benzene rings is 1. The molecule has 10 N–H and O–H groups in total. The summed E-state index contributed by atoms with van der Waals surface area (Å²) in [7, 11) is 0. The van der Waals surface area contributed by atoms with Crippen LogP contribution in [0.5, 0.6) is 0 Å². The second-order valence-electron chi connectivity index (χ2n) is 2.56. The fourth-order valence-corrected chi connectivity index (χ4v) is 0.970. The van der Waals surface area contributed by atoms with Gasteiger partial charge >= 0.3 is 0 Å². The number of nitrogen functional groups attached to an aromatic ring is 5. The van der Waals surface area contributed by atoms with Crippen LogP contribution in [0.1, 0.15) is 5.56 Å². The first kappa shape index (κ1) is 8.80. The van der Waals surface area contributed by atoms with Gasteiger partial charge in [-0.3, -0.25) is 0 Å². The molecule has 1 aromatic rings. The largest absolute Gasteiger partial charge is 0.396 e. The van der Waals surface area contributed by atoms with Crippen molar-refractivity contribution >= 4 is 28.4 Å². The molecule has 6 heteroatoms. The molecule has 0 unspecified atom stereocenters. The standard InChI is InChI=1S/C7H10N6/c8-1-2-3(9)5(11)7(13)6(12)4(2)10/h9-13H2. The van der Waals surface area contributed by atoms with Crippen molar-refractivity contribution in [3.63, 3.8) is 0 Å². The molecule has 0 saturated carbocycles. The fraction of sp³-hybridized carbons (Fsp3) is 0. The second kappa shape index (κ2) is 2.64. The Bertz CT molecular complexity index is 373. The molecular weight excluding hydrogens is 168 g/mol. The molecular formula is C7H10N6. The third-order valence-electron chi connectivity index (χ3n) is 1.81. The molecule has 13 heavy (non-hydrogen) atoms. The molecule has 0 fully saturated rings. The molecule has 0 radical (unpaired) electrons. The highest BCUT2D eigenvalue weighted by atomic mass is 14.8. The van der Waals surface area contributed by atoms with Crippen LogP contribution in [0.3, 0.4) is 0 Å². The maximum absolute atomic E-state index is 8.68. The summed E-state index contributed by atoms with van der Waals surface area (Å²) in [6.07, 6.45) is 0. The van der Waals surface area contributed by atoms with Gasteiger partial charge in [0.25, 0.3) is 0 Å². The minimum atomic E-state index is 0.0733.